The monoisotopic (exact) mass is 383 g/mol. The Kier molecular flexibility index (Phi) is 3.86. The normalized spacial score (nSPS) is 22.5. The minimum atomic E-state index is -0.476. The molecular formula is C19H21N5O2S. The number of nitrogens with zero attached hydrogens (tertiary/aromatic N) is 5. The number of hydrogen-bond acceptors (Lipinski definition) is 7. The minimum Gasteiger partial charge on any atom is -0.359 e. The number of hydrogen-bond donors (Lipinski definition) is 0. The Labute approximate surface area is 160 Å². The van der Waals surface area contributed by atoms with E-state index in [0.717, 1.165) is 65.9 Å². The van der Waals surface area contributed by atoms with Gasteiger partial charge in [-0.25, -0.2) is 9.97 Å². The molecule has 8 heteroatoms. The van der Waals surface area contributed by atoms with Crippen LogP contribution in [0.25, 0.3) is 22.6 Å². The predicted molar refractivity (Wildman–Crippen MR) is 102 cm³/mol. The highest BCUT2D eigenvalue weighted by Crippen LogP contribution is 2.47. The number of aromatic nitrogens is 5. The summed E-state index contributed by atoms with van der Waals surface area (Å²) < 4.78 is 7.57. The van der Waals surface area contributed by atoms with Crippen LogP contribution in [0, 0.1) is 0 Å². The number of ketones is 1. The number of carbonyl (C=O) groups excluding carboxylic acids is 1. The Hall–Kier alpha value is -2.22. The van der Waals surface area contributed by atoms with E-state index in [9.17, 15) is 4.79 Å². The van der Waals surface area contributed by atoms with E-state index in [1.165, 1.54) is 0 Å². The van der Waals surface area contributed by atoms with Crippen LogP contribution in [0.1, 0.15) is 49.8 Å². The van der Waals surface area contributed by atoms with Gasteiger partial charge < -0.3 is 4.52 Å². The number of aryl methyl sites for hydroxylation is 1. The van der Waals surface area contributed by atoms with Crippen molar-refractivity contribution >= 4 is 28.6 Å². The second-order valence-electron chi connectivity index (χ2n) is 7.47. The fraction of sp³-hybridized carbons (Fsp3) is 0.526. The van der Waals surface area contributed by atoms with E-state index in [-0.39, 0.29) is 0 Å². The Morgan fingerprint density at radius 3 is 2.85 bits per heavy atom. The van der Waals surface area contributed by atoms with E-state index in [1.54, 1.807) is 22.6 Å². The molecule has 1 fully saturated rings. The molecule has 0 aromatic carbocycles. The molecule has 3 heterocycles. The number of fused-ring (bicyclic) bond motifs is 3. The summed E-state index contributed by atoms with van der Waals surface area (Å²) in [6.07, 6.45) is 10.0. The van der Waals surface area contributed by atoms with E-state index < -0.39 is 5.41 Å². The summed E-state index contributed by atoms with van der Waals surface area (Å²) in [5, 5.41) is 10.5. The first-order chi connectivity index (χ1) is 13.1. The van der Waals surface area contributed by atoms with Crippen LogP contribution in [-0.4, -0.2) is 36.9 Å². The third-order valence-corrected chi connectivity index (χ3v) is 6.70. The first kappa shape index (κ1) is 16.9. The van der Waals surface area contributed by atoms with Gasteiger partial charge in [-0.3, -0.25) is 9.48 Å². The average molecular weight is 383 g/mol. The lowest BCUT2D eigenvalue weighted by Gasteiger charge is -2.36. The van der Waals surface area contributed by atoms with Crippen molar-refractivity contribution < 1.29 is 9.32 Å². The molecule has 7 nitrogen and oxygen atoms in total. The zero-order valence-corrected chi connectivity index (χ0v) is 16.3. The summed E-state index contributed by atoms with van der Waals surface area (Å²) in [6, 6.07) is 0. The van der Waals surface area contributed by atoms with Gasteiger partial charge in [0.2, 0.25) is 0 Å². The predicted octanol–water partition coefficient (Wildman–Crippen LogP) is 3.46. The van der Waals surface area contributed by atoms with Gasteiger partial charge in [0.1, 0.15) is 10.8 Å². The molecule has 3 aromatic rings. The van der Waals surface area contributed by atoms with Gasteiger partial charge in [-0.2, -0.15) is 5.10 Å². The Morgan fingerprint density at radius 2 is 2.04 bits per heavy atom. The SMILES string of the molecule is CSc1nc(-c2noc3c2CCC[C@@]32CCCCC2=O)nc2c1cnn2C. The lowest BCUT2D eigenvalue weighted by atomic mass is 9.64. The van der Waals surface area contributed by atoms with Crippen molar-refractivity contribution in [3.8, 4) is 11.5 Å². The van der Waals surface area contributed by atoms with Gasteiger partial charge >= 0.3 is 0 Å². The zero-order chi connectivity index (χ0) is 18.6. The number of thioether (sulfide) groups is 1. The van der Waals surface area contributed by atoms with E-state index in [0.29, 0.717) is 23.7 Å². The molecule has 0 saturated heterocycles. The third-order valence-electron chi connectivity index (χ3n) is 6.01. The maximum Gasteiger partial charge on any atom is 0.185 e. The lowest BCUT2D eigenvalue weighted by molar-refractivity contribution is -0.128. The van der Waals surface area contributed by atoms with Gasteiger partial charge in [-0.15, -0.1) is 11.8 Å². The van der Waals surface area contributed by atoms with Gasteiger partial charge in [0.25, 0.3) is 0 Å². The standard InChI is InChI=1S/C19H21N5O2S/c1-24-17-12(10-20-24)18(27-2)22-16(21-17)14-11-6-5-9-19(15(11)26-23-14)8-4-3-7-13(19)25/h10H,3-9H2,1-2H3/t19-/m1/s1. The summed E-state index contributed by atoms with van der Waals surface area (Å²) in [6.45, 7) is 0. The van der Waals surface area contributed by atoms with Gasteiger partial charge in [-0.05, 0) is 38.4 Å². The van der Waals surface area contributed by atoms with E-state index in [2.05, 4.69) is 10.3 Å². The van der Waals surface area contributed by atoms with Crippen LogP contribution in [0.15, 0.2) is 15.7 Å². The summed E-state index contributed by atoms with van der Waals surface area (Å²) >= 11 is 1.57. The largest absolute Gasteiger partial charge is 0.359 e. The molecule has 1 spiro atoms. The summed E-state index contributed by atoms with van der Waals surface area (Å²) in [7, 11) is 1.87. The van der Waals surface area contributed by atoms with Crippen molar-refractivity contribution in [1.29, 1.82) is 0 Å². The molecule has 0 radical (unpaired) electrons. The number of rotatable bonds is 2. The number of carbonyl (C=O) groups is 1. The van der Waals surface area contributed by atoms with Crippen molar-refractivity contribution in [2.45, 2.75) is 55.4 Å². The molecule has 3 aromatic heterocycles. The third kappa shape index (κ3) is 2.38. The number of Topliss-reactive ketones (excluding diaryl/α,β-unsaturated/α-hetero) is 1. The lowest BCUT2D eigenvalue weighted by Crippen LogP contribution is -2.41. The highest BCUT2D eigenvalue weighted by atomic mass is 32.2. The first-order valence-electron chi connectivity index (χ1n) is 9.40. The summed E-state index contributed by atoms with van der Waals surface area (Å²) in [5.41, 5.74) is 2.00. The molecule has 0 unspecified atom stereocenters. The van der Waals surface area contributed by atoms with Crippen molar-refractivity contribution in [3.05, 3.63) is 17.5 Å². The minimum absolute atomic E-state index is 0.310. The Morgan fingerprint density at radius 1 is 1.19 bits per heavy atom. The van der Waals surface area contributed by atoms with E-state index >= 15 is 0 Å². The smallest absolute Gasteiger partial charge is 0.185 e. The van der Waals surface area contributed by atoms with Crippen LogP contribution in [0.3, 0.4) is 0 Å². The molecule has 2 aliphatic rings. The molecule has 0 bridgehead atoms. The molecule has 0 amide bonds. The van der Waals surface area contributed by atoms with E-state index in [1.807, 2.05) is 13.3 Å². The van der Waals surface area contributed by atoms with Gasteiger partial charge in [0.05, 0.1) is 17.0 Å². The van der Waals surface area contributed by atoms with Gasteiger partial charge in [-0.1, -0.05) is 11.6 Å². The van der Waals surface area contributed by atoms with Crippen LogP contribution in [-0.2, 0) is 23.7 Å². The quantitative estimate of drug-likeness (QED) is 0.495. The fourth-order valence-corrected chi connectivity index (χ4v) is 5.17. The summed E-state index contributed by atoms with van der Waals surface area (Å²) in [5.74, 6) is 1.64. The van der Waals surface area contributed by atoms with Crippen molar-refractivity contribution in [2.24, 2.45) is 7.05 Å². The molecule has 1 saturated carbocycles. The van der Waals surface area contributed by atoms with Crippen molar-refractivity contribution in [1.82, 2.24) is 24.9 Å². The van der Waals surface area contributed by atoms with Crippen molar-refractivity contribution in [3.63, 3.8) is 0 Å². The average Bonchev–Trinajstić information content (AvgIpc) is 3.28. The zero-order valence-electron chi connectivity index (χ0n) is 15.5. The van der Waals surface area contributed by atoms with Crippen LogP contribution >= 0.6 is 11.8 Å². The second kappa shape index (κ2) is 6.15. The molecule has 2 aliphatic carbocycles. The van der Waals surface area contributed by atoms with Crippen LogP contribution < -0.4 is 0 Å². The molecule has 27 heavy (non-hydrogen) atoms. The molecular weight excluding hydrogens is 362 g/mol. The molecule has 5 rings (SSSR count). The molecule has 140 valence electrons. The first-order valence-corrected chi connectivity index (χ1v) is 10.6. The molecule has 0 N–H and O–H groups in total. The van der Waals surface area contributed by atoms with Crippen molar-refractivity contribution in [2.75, 3.05) is 6.26 Å². The van der Waals surface area contributed by atoms with Crippen LogP contribution in [0.5, 0.6) is 0 Å². The maximum absolute atomic E-state index is 12.8. The highest BCUT2D eigenvalue weighted by Gasteiger charge is 2.48. The van der Waals surface area contributed by atoms with Crippen LogP contribution in [0.2, 0.25) is 0 Å². The molecule has 1 atom stereocenters. The Bertz CT molecular complexity index is 1060. The van der Waals surface area contributed by atoms with Crippen LogP contribution in [0.4, 0.5) is 0 Å². The topological polar surface area (TPSA) is 86.7 Å². The maximum atomic E-state index is 12.8. The highest BCUT2D eigenvalue weighted by molar-refractivity contribution is 7.98. The van der Waals surface area contributed by atoms with Gasteiger partial charge in [0.15, 0.2) is 22.9 Å². The summed E-state index contributed by atoms with van der Waals surface area (Å²) in [4.78, 5) is 22.3. The Balaban J connectivity index is 1.68. The van der Waals surface area contributed by atoms with Gasteiger partial charge in [0, 0.05) is 19.0 Å². The van der Waals surface area contributed by atoms with E-state index in [4.69, 9.17) is 14.5 Å². The molecule has 0 aliphatic heterocycles. The fourth-order valence-electron chi connectivity index (χ4n) is 4.63. The second-order valence-corrected chi connectivity index (χ2v) is 8.26.